The van der Waals surface area contributed by atoms with E-state index in [1.165, 1.54) is 0 Å². The summed E-state index contributed by atoms with van der Waals surface area (Å²) in [7, 11) is 0. The van der Waals surface area contributed by atoms with Crippen LogP contribution < -0.4 is 21.3 Å². The predicted octanol–water partition coefficient (Wildman–Crippen LogP) is -0.508. The van der Waals surface area contributed by atoms with E-state index in [2.05, 4.69) is 21.3 Å². The summed E-state index contributed by atoms with van der Waals surface area (Å²) in [6, 6.07) is 0. The molecule has 4 N–H and O–H groups in total. The fraction of sp³-hybridized carbons (Fsp3) is 0.750. The third kappa shape index (κ3) is 12.9. The Hall–Kier alpha value is -1.42. The lowest BCUT2D eigenvalue weighted by molar-refractivity contribution is -0.122. The van der Waals surface area contributed by atoms with Gasteiger partial charge in [-0.2, -0.15) is 23.5 Å². The highest BCUT2D eigenvalue weighted by Gasteiger charge is 2.06. The summed E-state index contributed by atoms with van der Waals surface area (Å²) in [4.78, 5) is 46.6. The molecule has 1 aliphatic rings. The van der Waals surface area contributed by atoms with Crippen molar-refractivity contribution in [2.75, 3.05) is 49.2 Å². The first kappa shape index (κ1) is 22.6. The number of amides is 4. The van der Waals surface area contributed by atoms with Gasteiger partial charge in [0.1, 0.15) is 0 Å². The quantitative estimate of drug-likeness (QED) is 0.432. The van der Waals surface area contributed by atoms with Crippen LogP contribution in [-0.2, 0) is 19.2 Å². The van der Waals surface area contributed by atoms with Crippen molar-refractivity contribution in [2.45, 2.75) is 25.7 Å². The van der Waals surface area contributed by atoms with E-state index in [-0.39, 0.29) is 23.6 Å². The molecular weight excluding hydrogens is 376 g/mol. The molecule has 4 amide bonds. The van der Waals surface area contributed by atoms with Gasteiger partial charge in [0.15, 0.2) is 0 Å². The lowest BCUT2D eigenvalue weighted by Crippen LogP contribution is -2.35. The zero-order chi connectivity index (χ0) is 19.0. The Labute approximate surface area is 162 Å². The molecule has 0 aliphatic carbocycles. The molecule has 1 fully saturated rings. The van der Waals surface area contributed by atoms with E-state index >= 15 is 0 Å². The minimum Gasteiger partial charge on any atom is -0.354 e. The molecule has 0 spiro atoms. The van der Waals surface area contributed by atoms with Crippen LogP contribution in [0.25, 0.3) is 0 Å². The van der Waals surface area contributed by atoms with E-state index in [1.54, 1.807) is 23.5 Å². The fourth-order valence-electron chi connectivity index (χ4n) is 2.02. The summed E-state index contributed by atoms with van der Waals surface area (Å²) in [6.45, 7) is 1.63. The van der Waals surface area contributed by atoms with E-state index in [0.717, 1.165) is 0 Å². The number of nitrogens with one attached hydrogen (secondary N) is 4. The highest BCUT2D eigenvalue weighted by Crippen LogP contribution is 2.05. The van der Waals surface area contributed by atoms with Crippen molar-refractivity contribution in [1.29, 1.82) is 0 Å². The fourth-order valence-corrected chi connectivity index (χ4v) is 3.75. The molecule has 1 rings (SSSR count). The zero-order valence-electron chi connectivity index (χ0n) is 14.9. The summed E-state index contributed by atoms with van der Waals surface area (Å²) in [6.07, 6.45) is 1.57. The van der Waals surface area contributed by atoms with Crippen LogP contribution >= 0.6 is 23.5 Å². The Balaban J connectivity index is 2.32. The molecule has 8 nitrogen and oxygen atoms in total. The van der Waals surface area contributed by atoms with Gasteiger partial charge in [-0.1, -0.05) is 0 Å². The minimum atomic E-state index is -0.0513. The van der Waals surface area contributed by atoms with E-state index in [1.807, 2.05) is 0 Å². The Kier molecular flexibility index (Phi) is 12.8. The molecule has 0 unspecified atom stereocenters. The monoisotopic (exact) mass is 404 g/mol. The first-order valence-electron chi connectivity index (χ1n) is 8.80. The van der Waals surface area contributed by atoms with Crippen LogP contribution in [0.1, 0.15) is 25.7 Å². The SMILES string of the molecule is O=C1CCSCCC(=O)NCCNC(=O)CCSCCC(=O)NCCN1. The standard InChI is InChI=1S/C16H28N4O4S2/c21-13-1-9-25-10-2-14(22)19-7-8-20-16(24)4-12-26-11-3-15(23)18-6-5-17-13/h1-12H2,(H,17,21)(H,18,23)(H,19,22)(H,20,24). The third-order valence-electron chi connectivity index (χ3n) is 3.43. The van der Waals surface area contributed by atoms with Gasteiger partial charge in [-0.25, -0.2) is 0 Å². The van der Waals surface area contributed by atoms with Crippen molar-refractivity contribution in [3.63, 3.8) is 0 Å². The van der Waals surface area contributed by atoms with Gasteiger partial charge in [0, 0.05) is 74.9 Å². The summed E-state index contributed by atoms with van der Waals surface area (Å²) < 4.78 is 0. The molecule has 0 saturated carbocycles. The van der Waals surface area contributed by atoms with Crippen molar-refractivity contribution >= 4 is 47.2 Å². The molecule has 0 radical (unpaired) electrons. The lowest BCUT2D eigenvalue weighted by Gasteiger charge is -2.09. The number of hydrogen-bond donors (Lipinski definition) is 4. The highest BCUT2D eigenvalue weighted by atomic mass is 32.2. The molecule has 0 aromatic rings. The van der Waals surface area contributed by atoms with Gasteiger partial charge in [-0.3, -0.25) is 19.2 Å². The zero-order valence-corrected chi connectivity index (χ0v) is 16.6. The van der Waals surface area contributed by atoms with Gasteiger partial charge in [-0.05, 0) is 0 Å². The molecule has 1 aliphatic heterocycles. The van der Waals surface area contributed by atoms with Gasteiger partial charge in [0.25, 0.3) is 0 Å². The average Bonchev–Trinajstić information content (AvgIpc) is 2.61. The molecule has 10 heteroatoms. The molecule has 0 bridgehead atoms. The predicted molar refractivity (Wildman–Crippen MR) is 105 cm³/mol. The number of carbonyl (C=O) groups excluding carboxylic acids is 4. The molecule has 0 aromatic heterocycles. The van der Waals surface area contributed by atoms with Crippen LogP contribution in [0.3, 0.4) is 0 Å². The normalized spacial score (nSPS) is 21.2. The molecule has 1 heterocycles. The second-order valence-electron chi connectivity index (χ2n) is 5.62. The Morgan fingerprint density at radius 1 is 0.462 bits per heavy atom. The molecule has 0 aromatic carbocycles. The second-order valence-corrected chi connectivity index (χ2v) is 8.07. The molecule has 148 valence electrons. The van der Waals surface area contributed by atoms with Crippen molar-refractivity contribution in [3.05, 3.63) is 0 Å². The summed E-state index contributed by atoms with van der Waals surface area (Å²) in [5, 5.41) is 11.0. The maximum Gasteiger partial charge on any atom is 0.220 e. The topological polar surface area (TPSA) is 116 Å². The maximum absolute atomic E-state index is 11.6. The summed E-state index contributed by atoms with van der Waals surface area (Å²) in [5.41, 5.74) is 0. The number of rotatable bonds is 0. The van der Waals surface area contributed by atoms with Crippen LogP contribution in [0.15, 0.2) is 0 Å². The van der Waals surface area contributed by atoms with Crippen molar-refractivity contribution in [1.82, 2.24) is 21.3 Å². The van der Waals surface area contributed by atoms with Gasteiger partial charge in [0.2, 0.25) is 23.6 Å². The van der Waals surface area contributed by atoms with Gasteiger partial charge in [0.05, 0.1) is 0 Å². The average molecular weight is 405 g/mol. The van der Waals surface area contributed by atoms with Crippen LogP contribution in [0.5, 0.6) is 0 Å². The van der Waals surface area contributed by atoms with Gasteiger partial charge >= 0.3 is 0 Å². The van der Waals surface area contributed by atoms with E-state index < -0.39 is 0 Å². The molecule has 0 atom stereocenters. The van der Waals surface area contributed by atoms with Crippen molar-refractivity contribution in [2.24, 2.45) is 0 Å². The van der Waals surface area contributed by atoms with Crippen molar-refractivity contribution in [3.8, 4) is 0 Å². The van der Waals surface area contributed by atoms with Gasteiger partial charge < -0.3 is 21.3 Å². The van der Waals surface area contributed by atoms with Crippen LogP contribution in [-0.4, -0.2) is 72.8 Å². The first-order valence-corrected chi connectivity index (χ1v) is 11.1. The van der Waals surface area contributed by atoms with E-state index in [9.17, 15) is 19.2 Å². The smallest absolute Gasteiger partial charge is 0.220 e. The van der Waals surface area contributed by atoms with Crippen LogP contribution in [0.2, 0.25) is 0 Å². The lowest BCUT2D eigenvalue weighted by atomic mass is 10.4. The Bertz CT molecular complexity index is 395. The van der Waals surface area contributed by atoms with Crippen molar-refractivity contribution < 1.29 is 19.2 Å². The first-order chi connectivity index (χ1) is 12.6. The van der Waals surface area contributed by atoms with Crippen LogP contribution in [0, 0.1) is 0 Å². The minimum absolute atomic E-state index is 0.0513. The molecule has 26 heavy (non-hydrogen) atoms. The van der Waals surface area contributed by atoms with E-state index in [4.69, 9.17) is 0 Å². The largest absolute Gasteiger partial charge is 0.354 e. The third-order valence-corrected chi connectivity index (χ3v) is 5.40. The second kappa shape index (κ2) is 14.7. The van der Waals surface area contributed by atoms with Crippen LogP contribution in [0.4, 0.5) is 0 Å². The maximum atomic E-state index is 11.6. The highest BCUT2D eigenvalue weighted by molar-refractivity contribution is 7.99. The Morgan fingerprint density at radius 2 is 0.692 bits per heavy atom. The summed E-state index contributed by atoms with van der Waals surface area (Å²) >= 11 is 3.10. The Morgan fingerprint density at radius 3 is 0.923 bits per heavy atom. The molecular formula is C16H28N4O4S2. The van der Waals surface area contributed by atoms with E-state index in [0.29, 0.717) is 74.9 Å². The molecule has 1 saturated heterocycles. The number of thioether (sulfide) groups is 2. The summed E-state index contributed by atoms with van der Waals surface area (Å²) in [5.74, 6) is 2.40. The number of hydrogen-bond acceptors (Lipinski definition) is 6. The van der Waals surface area contributed by atoms with Gasteiger partial charge in [-0.15, -0.1) is 0 Å². The number of carbonyl (C=O) groups is 4.